The van der Waals surface area contributed by atoms with E-state index >= 15 is 0 Å². The summed E-state index contributed by atoms with van der Waals surface area (Å²) in [6.45, 7) is 1.29. The molecule has 7 heteroatoms. The van der Waals surface area contributed by atoms with Crippen LogP contribution in [0.5, 0.6) is 0 Å². The first-order valence-electron chi connectivity index (χ1n) is 5.49. The number of anilines is 1. The van der Waals surface area contributed by atoms with E-state index in [0.717, 1.165) is 0 Å². The lowest BCUT2D eigenvalue weighted by molar-refractivity contribution is -0.165. The fourth-order valence-electron chi connectivity index (χ4n) is 1.41. The van der Waals surface area contributed by atoms with Crippen molar-refractivity contribution in [3.8, 4) is 0 Å². The largest absolute Gasteiger partial charge is 0.465 e. The molecule has 0 heterocycles. The highest BCUT2D eigenvalue weighted by atomic mass is 19.4. The Labute approximate surface area is 113 Å². The van der Waals surface area contributed by atoms with Crippen molar-refractivity contribution < 1.29 is 27.5 Å². The second-order valence-corrected chi connectivity index (χ2v) is 3.85. The van der Waals surface area contributed by atoms with Crippen LogP contribution in [0.1, 0.15) is 17.3 Å². The first-order chi connectivity index (χ1) is 9.25. The van der Waals surface area contributed by atoms with Crippen molar-refractivity contribution >= 4 is 17.4 Å². The average molecular weight is 287 g/mol. The fraction of sp³-hybridized carbons (Fsp3) is 0.231. The lowest BCUT2D eigenvalue weighted by Gasteiger charge is -2.11. The highest BCUT2D eigenvalue weighted by Crippen LogP contribution is 2.20. The van der Waals surface area contributed by atoms with E-state index in [1.807, 2.05) is 0 Å². The van der Waals surface area contributed by atoms with Crippen LogP contribution < -0.4 is 5.32 Å². The van der Waals surface area contributed by atoms with E-state index in [-0.39, 0.29) is 16.9 Å². The molecule has 0 saturated heterocycles. The van der Waals surface area contributed by atoms with Gasteiger partial charge in [0.25, 0.3) is 5.78 Å². The van der Waals surface area contributed by atoms with E-state index < -0.39 is 17.9 Å². The molecule has 0 aliphatic carbocycles. The van der Waals surface area contributed by atoms with Crippen molar-refractivity contribution in [1.29, 1.82) is 0 Å². The van der Waals surface area contributed by atoms with Gasteiger partial charge >= 0.3 is 12.1 Å². The molecule has 0 atom stereocenters. The third-order valence-corrected chi connectivity index (χ3v) is 2.29. The molecule has 0 spiro atoms. The van der Waals surface area contributed by atoms with Crippen LogP contribution in [0.25, 0.3) is 0 Å². The number of carbonyl (C=O) groups is 2. The summed E-state index contributed by atoms with van der Waals surface area (Å²) in [6, 6.07) is 6.11. The minimum absolute atomic E-state index is 0.0383. The smallest absolute Gasteiger partial charge is 0.454 e. The Kier molecular flexibility index (Phi) is 4.90. The number of esters is 1. The van der Waals surface area contributed by atoms with Gasteiger partial charge in [0, 0.05) is 11.8 Å². The number of allylic oxidation sites excluding steroid dienone is 2. The summed E-state index contributed by atoms with van der Waals surface area (Å²) in [7, 11) is 1.19. The average Bonchev–Trinajstić information content (AvgIpc) is 2.37. The Morgan fingerprint density at radius 3 is 2.40 bits per heavy atom. The van der Waals surface area contributed by atoms with E-state index in [0.29, 0.717) is 6.08 Å². The van der Waals surface area contributed by atoms with Gasteiger partial charge in [0.1, 0.15) is 0 Å². The number of methoxy groups -OCH3 is 1. The maximum absolute atomic E-state index is 12.1. The molecule has 0 saturated carbocycles. The first kappa shape index (κ1) is 15.7. The third kappa shape index (κ3) is 4.11. The third-order valence-electron chi connectivity index (χ3n) is 2.29. The zero-order chi connectivity index (χ0) is 15.3. The second-order valence-electron chi connectivity index (χ2n) is 3.85. The van der Waals surface area contributed by atoms with Crippen molar-refractivity contribution in [2.45, 2.75) is 13.1 Å². The van der Waals surface area contributed by atoms with Crippen molar-refractivity contribution in [2.75, 3.05) is 12.4 Å². The molecule has 4 nitrogen and oxygen atoms in total. The van der Waals surface area contributed by atoms with E-state index in [2.05, 4.69) is 10.1 Å². The van der Waals surface area contributed by atoms with Gasteiger partial charge in [-0.1, -0.05) is 12.1 Å². The molecule has 1 aromatic carbocycles. The molecule has 0 aromatic heterocycles. The molecule has 0 amide bonds. The van der Waals surface area contributed by atoms with Gasteiger partial charge in [-0.25, -0.2) is 4.79 Å². The van der Waals surface area contributed by atoms with Crippen LogP contribution in [0.2, 0.25) is 0 Å². The van der Waals surface area contributed by atoms with Crippen molar-refractivity contribution in [3.63, 3.8) is 0 Å². The molecule has 0 fully saturated rings. The summed E-state index contributed by atoms with van der Waals surface area (Å²) in [5.41, 5.74) is 0.369. The highest BCUT2D eigenvalue weighted by molar-refractivity contribution is 5.97. The number of nitrogens with one attached hydrogen (secondary N) is 1. The maximum Gasteiger partial charge on any atom is 0.454 e. The molecular weight excluding hydrogens is 275 g/mol. The standard InChI is InChI=1S/C13H12F3NO3/c1-8(7-11(18)13(14,15)16)17-10-6-4-3-5-9(10)12(19)20-2/h3-7,17H,1-2H3. The molecule has 1 aromatic rings. The van der Waals surface area contributed by atoms with Crippen LogP contribution in [0.15, 0.2) is 36.0 Å². The molecule has 0 bridgehead atoms. The fourth-order valence-corrected chi connectivity index (χ4v) is 1.41. The molecule has 108 valence electrons. The summed E-state index contributed by atoms with van der Waals surface area (Å²) in [5.74, 6) is -2.61. The van der Waals surface area contributed by atoms with Gasteiger partial charge < -0.3 is 10.1 Å². The zero-order valence-corrected chi connectivity index (χ0v) is 10.7. The van der Waals surface area contributed by atoms with E-state index in [1.165, 1.54) is 26.2 Å². The molecule has 0 aliphatic rings. The van der Waals surface area contributed by atoms with Gasteiger partial charge in [0.05, 0.1) is 18.4 Å². The lowest BCUT2D eigenvalue weighted by Crippen LogP contribution is -2.21. The summed E-state index contributed by atoms with van der Waals surface area (Å²) in [6.07, 6.45) is -4.50. The quantitative estimate of drug-likeness (QED) is 0.683. The number of carbonyl (C=O) groups excluding carboxylic acids is 2. The Morgan fingerprint density at radius 2 is 1.85 bits per heavy atom. The van der Waals surface area contributed by atoms with Crippen LogP contribution in [-0.2, 0) is 9.53 Å². The molecule has 1 N–H and O–H groups in total. The number of ketones is 1. The molecule has 20 heavy (non-hydrogen) atoms. The summed E-state index contributed by atoms with van der Waals surface area (Å²) in [4.78, 5) is 22.3. The van der Waals surface area contributed by atoms with Gasteiger partial charge in [-0.3, -0.25) is 4.79 Å². The van der Waals surface area contributed by atoms with Gasteiger partial charge in [-0.05, 0) is 19.1 Å². The molecule has 1 rings (SSSR count). The summed E-state index contributed by atoms with van der Waals surface area (Å²) >= 11 is 0. The van der Waals surface area contributed by atoms with Gasteiger partial charge in [-0.15, -0.1) is 0 Å². The predicted octanol–water partition coefficient (Wildman–Crippen LogP) is 2.92. The van der Waals surface area contributed by atoms with E-state index in [1.54, 1.807) is 12.1 Å². The lowest BCUT2D eigenvalue weighted by atomic mass is 10.1. The first-order valence-corrected chi connectivity index (χ1v) is 5.49. The van der Waals surface area contributed by atoms with Crippen molar-refractivity contribution in [2.24, 2.45) is 0 Å². The minimum atomic E-state index is -4.93. The SMILES string of the molecule is COC(=O)c1ccccc1NC(C)=CC(=O)C(F)(F)F. The topological polar surface area (TPSA) is 55.4 Å². The Morgan fingerprint density at radius 1 is 1.25 bits per heavy atom. The number of alkyl halides is 3. The number of hydrogen-bond acceptors (Lipinski definition) is 4. The van der Waals surface area contributed by atoms with Crippen LogP contribution in [0.3, 0.4) is 0 Å². The second kappa shape index (κ2) is 6.23. The molecule has 0 aliphatic heterocycles. The zero-order valence-electron chi connectivity index (χ0n) is 10.7. The molecule has 0 radical (unpaired) electrons. The summed E-state index contributed by atoms with van der Waals surface area (Å²) < 4.78 is 40.9. The number of hydrogen-bond donors (Lipinski definition) is 1. The van der Waals surface area contributed by atoms with Gasteiger partial charge in [0.15, 0.2) is 0 Å². The highest BCUT2D eigenvalue weighted by Gasteiger charge is 2.36. The van der Waals surface area contributed by atoms with E-state index in [4.69, 9.17) is 0 Å². The number of para-hydroxylation sites is 1. The van der Waals surface area contributed by atoms with Crippen LogP contribution in [0, 0.1) is 0 Å². The number of ether oxygens (including phenoxy) is 1. The van der Waals surface area contributed by atoms with Crippen molar-refractivity contribution in [3.05, 3.63) is 41.6 Å². The Bertz CT molecular complexity index is 550. The van der Waals surface area contributed by atoms with Crippen LogP contribution in [-0.4, -0.2) is 25.0 Å². The Hall–Kier alpha value is -2.31. The number of rotatable bonds is 4. The van der Waals surface area contributed by atoms with Gasteiger partial charge in [-0.2, -0.15) is 13.2 Å². The molecule has 0 unspecified atom stereocenters. The summed E-state index contributed by atoms with van der Waals surface area (Å²) in [5, 5.41) is 2.57. The molecular formula is C13H12F3NO3. The minimum Gasteiger partial charge on any atom is -0.465 e. The van der Waals surface area contributed by atoms with E-state index in [9.17, 15) is 22.8 Å². The monoisotopic (exact) mass is 287 g/mol. The number of halogens is 3. The Balaban J connectivity index is 2.97. The van der Waals surface area contributed by atoms with Crippen LogP contribution >= 0.6 is 0 Å². The number of benzene rings is 1. The maximum atomic E-state index is 12.1. The predicted molar refractivity (Wildman–Crippen MR) is 66.2 cm³/mol. The van der Waals surface area contributed by atoms with Crippen LogP contribution in [0.4, 0.5) is 18.9 Å². The van der Waals surface area contributed by atoms with Gasteiger partial charge in [0.2, 0.25) is 0 Å². The van der Waals surface area contributed by atoms with Crippen molar-refractivity contribution in [1.82, 2.24) is 0 Å². The normalized spacial score (nSPS) is 11.9.